The minimum absolute atomic E-state index is 0.0247. The smallest absolute Gasteiger partial charge is 0.311 e. The number of hydrogen-bond donors (Lipinski definition) is 1. The first kappa shape index (κ1) is 15.7. The number of carboxylic acids is 1. The highest BCUT2D eigenvalue weighted by molar-refractivity contribution is 6.30. The van der Waals surface area contributed by atoms with Crippen molar-refractivity contribution < 1.29 is 28.2 Å². The molecular formula is C13H12ClF2NO4. The Bertz CT molecular complexity index is 596. The molecule has 2 atom stereocenters. The van der Waals surface area contributed by atoms with Gasteiger partial charge in [0, 0.05) is 7.05 Å². The Labute approximate surface area is 124 Å². The van der Waals surface area contributed by atoms with Gasteiger partial charge in [0.15, 0.2) is 0 Å². The van der Waals surface area contributed by atoms with Gasteiger partial charge in [-0.1, -0.05) is 11.6 Å². The lowest BCUT2D eigenvalue weighted by Gasteiger charge is -2.26. The molecule has 0 radical (unpaired) electrons. The second-order valence-corrected chi connectivity index (χ2v) is 5.12. The highest BCUT2D eigenvalue weighted by Gasteiger charge is 2.39. The van der Waals surface area contributed by atoms with E-state index in [4.69, 9.17) is 21.4 Å². The lowest BCUT2D eigenvalue weighted by molar-refractivity contribution is -0.142. The summed E-state index contributed by atoms with van der Waals surface area (Å²) in [4.78, 5) is 24.3. The SMILES string of the molecule is CN(C(=O)c1cc(F)c(Cl)cc1F)C1COCC1C(=O)O. The van der Waals surface area contributed by atoms with Gasteiger partial charge < -0.3 is 14.7 Å². The molecule has 21 heavy (non-hydrogen) atoms. The topological polar surface area (TPSA) is 66.8 Å². The number of carbonyl (C=O) groups excluding carboxylic acids is 1. The van der Waals surface area contributed by atoms with Gasteiger partial charge in [0.1, 0.15) is 17.6 Å². The summed E-state index contributed by atoms with van der Waals surface area (Å²) in [7, 11) is 1.32. The number of amides is 1. The maximum Gasteiger partial charge on any atom is 0.311 e. The van der Waals surface area contributed by atoms with Gasteiger partial charge in [0.2, 0.25) is 0 Å². The summed E-state index contributed by atoms with van der Waals surface area (Å²) >= 11 is 5.42. The van der Waals surface area contributed by atoms with Gasteiger partial charge in [-0.05, 0) is 12.1 Å². The normalized spacial score (nSPS) is 21.3. The number of aliphatic carboxylic acids is 1. The van der Waals surface area contributed by atoms with Gasteiger partial charge in [0.25, 0.3) is 5.91 Å². The fourth-order valence-electron chi connectivity index (χ4n) is 2.19. The van der Waals surface area contributed by atoms with Crippen molar-refractivity contribution in [1.29, 1.82) is 0 Å². The molecular weight excluding hydrogens is 308 g/mol. The summed E-state index contributed by atoms with van der Waals surface area (Å²) in [5, 5.41) is 8.62. The number of halogens is 3. The molecule has 1 aliphatic heterocycles. The molecule has 0 spiro atoms. The van der Waals surface area contributed by atoms with E-state index >= 15 is 0 Å². The Morgan fingerprint density at radius 1 is 1.33 bits per heavy atom. The van der Waals surface area contributed by atoms with Crippen LogP contribution in [0.1, 0.15) is 10.4 Å². The van der Waals surface area contributed by atoms with Gasteiger partial charge in [-0.25, -0.2) is 8.78 Å². The van der Waals surface area contributed by atoms with E-state index in [-0.39, 0.29) is 13.2 Å². The number of rotatable bonds is 3. The average Bonchev–Trinajstić information content (AvgIpc) is 2.90. The van der Waals surface area contributed by atoms with Crippen LogP contribution < -0.4 is 0 Å². The van der Waals surface area contributed by atoms with E-state index < -0.39 is 46.1 Å². The molecule has 1 amide bonds. The summed E-state index contributed by atoms with van der Waals surface area (Å²) < 4.78 is 32.2. The Balaban J connectivity index is 2.27. The zero-order chi connectivity index (χ0) is 15.7. The molecule has 0 bridgehead atoms. The Morgan fingerprint density at radius 2 is 2.00 bits per heavy atom. The van der Waals surface area contributed by atoms with Gasteiger partial charge in [-0.2, -0.15) is 0 Å². The zero-order valence-electron chi connectivity index (χ0n) is 11.0. The van der Waals surface area contributed by atoms with E-state index in [2.05, 4.69) is 0 Å². The van der Waals surface area contributed by atoms with E-state index in [0.717, 1.165) is 4.90 Å². The highest BCUT2D eigenvalue weighted by Crippen LogP contribution is 2.24. The second kappa shape index (κ2) is 5.95. The quantitative estimate of drug-likeness (QED) is 0.863. The average molecular weight is 320 g/mol. The van der Waals surface area contributed by atoms with Crippen LogP contribution in [0.5, 0.6) is 0 Å². The molecule has 5 nitrogen and oxygen atoms in total. The van der Waals surface area contributed by atoms with E-state index in [1.165, 1.54) is 7.05 Å². The van der Waals surface area contributed by atoms with Gasteiger partial charge in [0.05, 0.1) is 29.8 Å². The van der Waals surface area contributed by atoms with Crippen molar-refractivity contribution in [2.75, 3.05) is 20.3 Å². The van der Waals surface area contributed by atoms with Crippen molar-refractivity contribution in [3.8, 4) is 0 Å². The molecule has 2 rings (SSSR count). The molecule has 0 aliphatic carbocycles. The summed E-state index contributed by atoms with van der Waals surface area (Å²) in [6.07, 6.45) is 0. The molecule has 1 aromatic rings. The molecule has 114 valence electrons. The van der Waals surface area contributed by atoms with Gasteiger partial charge >= 0.3 is 5.97 Å². The largest absolute Gasteiger partial charge is 0.481 e. The van der Waals surface area contributed by atoms with Crippen LogP contribution in [-0.2, 0) is 9.53 Å². The summed E-state index contributed by atoms with van der Waals surface area (Å²) in [6, 6.07) is 0.660. The van der Waals surface area contributed by atoms with Crippen molar-refractivity contribution in [2.24, 2.45) is 5.92 Å². The molecule has 1 aromatic carbocycles. The first-order chi connectivity index (χ1) is 9.82. The zero-order valence-corrected chi connectivity index (χ0v) is 11.7. The van der Waals surface area contributed by atoms with Crippen molar-refractivity contribution in [2.45, 2.75) is 6.04 Å². The first-order valence-corrected chi connectivity index (χ1v) is 6.43. The van der Waals surface area contributed by atoms with Crippen molar-refractivity contribution in [3.05, 3.63) is 34.4 Å². The summed E-state index contributed by atoms with van der Waals surface area (Å²) in [5.41, 5.74) is -0.504. The Kier molecular flexibility index (Phi) is 4.43. The van der Waals surface area contributed by atoms with E-state index in [9.17, 15) is 18.4 Å². The molecule has 1 heterocycles. The number of nitrogens with zero attached hydrogens (tertiary/aromatic N) is 1. The Hall–Kier alpha value is -1.73. The first-order valence-electron chi connectivity index (χ1n) is 6.05. The maximum atomic E-state index is 13.7. The molecule has 1 N–H and O–H groups in total. The van der Waals surface area contributed by atoms with Crippen LogP contribution in [0.15, 0.2) is 12.1 Å². The van der Waals surface area contributed by atoms with Crippen molar-refractivity contribution >= 4 is 23.5 Å². The van der Waals surface area contributed by atoms with E-state index in [0.29, 0.717) is 12.1 Å². The maximum absolute atomic E-state index is 13.7. The summed E-state index contributed by atoms with van der Waals surface area (Å²) in [5.74, 6) is -4.74. The van der Waals surface area contributed by atoms with Gasteiger partial charge in [-0.15, -0.1) is 0 Å². The van der Waals surface area contributed by atoms with Crippen molar-refractivity contribution in [3.63, 3.8) is 0 Å². The minimum atomic E-state index is -1.11. The van der Waals surface area contributed by atoms with Crippen LogP contribution >= 0.6 is 11.6 Å². The monoisotopic (exact) mass is 319 g/mol. The molecule has 2 unspecified atom stereocenters. The predicted molar refractivity (Wildman–Crippen MR) is 69.2 cm³/mol. The highest BCUT2D eigenvalue weighted by atomic mass is 35.5. The fraction of sp³-hybridized carbons (Fsp3) is 0.385. The molecule has 0 aromatic heterocycles. The molecule has 8 heteroatoms. The molecule has 1 fully saturated rings. The number of benzene rings is 1. The van der Waals surface area contributed by atoms with Crippen LogP contribution in [0.3, 0.4) is 0 Å². The van der Waals surface area contributed by atoms with Crippen LogP contribution in [0.2, 0.25) is 5.02 Å². The van der Waals surface area contributed by atoms with Gasteiger partial charge in [-0.3, -0.25) is 9.59 Å². The molecule has 0 saturated carbocycles. The number of likely N-dealkylation sites (N-methyl/N-ethyl adjacent to an activating group) is 1. The third-order valence-corrected chi connectivity index (χ3v) is 3.72. The van der Waals surface area contributed by atoms with Crippen molar-refractivity contribution in [1.82, 2.24) is 4.90 Å². The Morgan fingerprint density at radius 3 is 2.62 bits per heavy atom. The van der Waals surface area contributed by atoms with Crippen LogP contribution in [0.4, 0.5) is 8.78 Å². The van der Waals surface area contributed by atoms with Crippen LogP contribution in [0.25, 0.3) is 0 Å². The molecule has 1 aliphatic rings. The van der Waals surface area contributed by atoms with E-state index in [1.807, 2.05) is 0 Å². The summed E-state index contributed by atoms with van der Waals surface area (Å²) in [6.45, 7) is -0.00796. The standard InChI is InChI=1S/C13H12ClF2NO4/c1-17(11-5-21-4-7(11)13(19)20)12(18)6-2-10(16)8(14)3-9(6)15/h2-3,7,11H,4-5H2,1H3,(H,19,20). The lowest BCUT2D eigenvalue weighted by atomic mass is 10.0. The minimum Gasteiger partial charge on any atom is -0.481 e. The van der Waals surface area contributed by atoms with Crippen LogP contribution in [0, 0.1) is 17.6 Å². The third-order valence-electron chi connectivity index (χ3n) is 3.43. The number of ether oxygens (including phenoxy) is 1. The lowest BCUT2D eigenvalue weighted by Crippen LogP contribution is -2.44. The fourth-order valence-corrected chi connectivity index (χ4v) is 2.34. The number of carbonyl (C=O) groups is 2. The number of hydrogen-bond acceptors (Lipinski definition) is 3. The third kappa shape index (κ3) is 2.98. The molecule has 1 saturated heterocycles. The van der Waals surface area contributed by atoms with Crippen LogP contribution in [-0.4, -0.2) is 48.2 Å². The second-order valence-electron chi connectivity index (χ2n) is 4.71. The number of carboxylic acid groups (broad SMARTS) is 1. The predicted octanol–water partition coefficient (Wildman–Crippen LogP) is 1.79. The van der Waals surface area contributed by atoms with E-state index in [1.54, 1.807) is 0 Å².